The van der Waals surface area contributed by atoms with Crippen molar-refractivity contribution in [1.82, 2.24) is 5.32 Å². The molecule has 0 aromatic carbocycles. The fourth-order valence-corrected chi connectivity index (χ4v) is 1.78. The predicted molar refractivity (Wildman–Crippen MR) is 55.0 cm³/mol. The molecule has 74 valence electrons. The van der Waals surface area contributed by atoms with Gasteiger partial charge in [-0.2, -0.15) is 0 Å². The summed E-state index contributed by atoms with van der Waals surface area (Å²) in [5.41, 5.74) is 0.290. The maximum Gasteiger partial charge on any atom is 0.229 e. The van der Waals surface area contributed by atoms with Gasteiger partial charge >= 0.3 is 0 Å². The van der Waals surface area contributed by atoms with Gasteiger partial charge in [0.25, 0.3) is 0 Å². The zero-order valence-corrected chi connectivity index (χ0v) is 9.30. The van der Waals surface area contributed by atoms with E-state index in [0.717, 1.165) is 5.57 Å². The third kappa shape index (κ3) is 2.00. The Hall–Kier alpha value is -0.210. The van der Waals surface area contributed by atoms with Crippen LogP contribution in [0.1, 0.15) is 20.3 Å². The van der Waals surface area contributed by atoms with E-state index >= 15 is 0 Å². The molecule has 0 aromatic heterocycles. The molecule has 0 heterocycles. The first-order chi connectivity index (χ1) is 5.79. The fraction of sp³-hybridized carbons (Fsp3) is 0.667. The number of rotatable bonds is 3. The molecule has 0 bridgehead atoms. The molecule has 1 amide bonds. The lowest BCUT2D eigenvalue weighted by molar-refractivity contribution is -0.125. The number of carbonyl (C=O) groups excluding carboxylic acids is 1. The molecular weight excluding hydrogens is 209 g/mol. The predicted octanol–water partition coefficient (Wildman–Crippen LogP) is 2.26. The molecule has 1 aliphatic rings. The summed E-state index contributed by atoms with van der Waals surface area (Å²) < 4.78 is -0.883. The van der Waals surface area contributed by atoms with E-state index in [4.69, 9.17) is 23.2 Å². The molecule has 1 fully saturated rings. The first-order valence-corrected chi connectivity index (χ1v) is 4.86. The van der Waals surface area contributed by atoms with Gasteiger partial charge in [0.1, 0.15) is 4.33 Å². The van der Waals surface area contributed by atoms with E-state index in [-0.39, 0.29) is 5.91 Å². The Morgan fingerprint density at radius 3 is 2.38 bits per heavy atom. The minimum absolute atomic E-state index is 0.0968. The molecule has 0 aromatic rings. The van der Waals surface area contributed by atoms with Crippen molar-refractivity contribution in [1.29, 1.82) is 0 Å². The van der Waals surface area contributed by atoms with Gasteiger partial charge in [-0.05, 0) is 20.3 Å². The average molecular weight is 222 g/mol. The molecule has 0 saturated heterocycles. The van der Waals surface area contributed by atoms with E-state index in [1.54, 1.807) is 6.92 Å². The maximum atomic E-state index is 11.5. The van der Waals surface area contributed by atoms with Crippen LogP contribution in [0.25, 0.3) is 0 Å². The zero-order chi connectivity index (χ0) is 10.3. The van der Waals surface area contributed by atoms with Gasteiger partial charge < -0.3 is 5.32 Å². The van der Waals surface area contributed by atoms with Gasteiger partial charge in [-0.25, -0.2) is 0 Å². The molecule has 2 nitrogen and oxygen atoms in total. The van der Waals surface area contributed by atoms with Crippen molar-refractivity contribution in [2.75, 3.05) is 6.54 Å². The number of halogens is 2. The molecule has 1 aliphatic carbocycles. The van der Waals surface area contributed by atoms with E-state index < -0.39 is 9.75 Å². The molecule has 1 unspecified atom stereocenters. The maximum absolute atomic E-state index is 11.5. The second-order valence-electron chi connectivity index (χ2n) is 3.85. The van der Waals surface area contributed by atoms with E-state index in [1.165, 1.54) is 0 Å². The molecule has 0 radical (unpaired) electrons. The van der Waals surface area contributed by atoms with Crippen molar-refractivity contribution >= 4 is 29.1 Å². The van der Waals surface area contributed by atoms with Crippen LogP contribution in [-0.2, 0) is 4.79 Å². The van der Waals surface area contributed by atoms with Crippen LogP contribution in [0.4, 0.5) is 0 Å². The number of carbonyl (C=O) groups is 1. The Morgan fingerprint density at radius 2 is 2.08 bits per heavy atom. The van der Waals surface area contributed by atoms with E-state index in [1.807, 2.05) is 6.92 Å². The summed E-state index contributed by atoms with van der Waals surface area (Å²) in [6, 6.07) is 0. The lowest BCUT2D eigenvalue weighted by atomic mass is 10.1. The van der Waals surface area contributed by atoms with E-state index in [9.17, 15) is 4.79 Å². The minimum atomic E-state index is -0.883. The average Bonchev–Trinajstić information content (AvgIpc) is 2.48. The van der Waals surface area contributed by atoms with Crippen molar-refractivity contribution in [2.24, 2.45) is 5.41 Å². The molecule has 0 spiro atoms. The van der Waals surface area contributed by atoms with Gasteiger partial charge in [-0.15, -0.1) is 23.2 Å². The summed E-state index contributed by atoms with van der Waals surface area (Å²) in [6.45, 7) is 7.79. The molecule has 4 heteroatoms. The molecule has 1 N–H and O–H groups in total. The van der Waals surface area contributed by atoms with Crippen LogP contribution >= 0.6 is 23.2 Å². The van der Waals surface area contributed by atoms with Crippen LogP contribution in [0, 0.1) is 5.41 Å². The quantitative estimate of drug-likeness (QED) is 0.576. The first-order valence-electron chi connectivity index (χ1n) is 4.10. The number of nitrogens with one attached hydrogen (secondary N) is 1. The van der Waals surface area contributed by atoms with Crippen LogP contribution < -0.4 is 5.32 Å². The topological polar surface area (TPSA) is 29.1 Å². The standard InChI is InChI=1S/C9H13Cl2NO/c1-6(2)4-12-7(13)8(3)5-9(8,10)11/h1,4-5H2,2-3H3,(H,12,13). The number of hydrogen-bond donors (Lipinski definition) is 1. The normalized spacial score (nSPS) is 29.5. The zero-order valence-electron chi connectivity index (χ0n) is 7.79. The van der Waals surface area contributed by atoms with Crippen LogP contribution in [0.5, 0.6) is 0 Å². The van der Waals surface area contributed by atoms with Gasteiger partial charge in [0.2, 0.25) is 5.91 Å². The monoisotopic (exact) mass is 221 g/mol. The lowest BCUT2D eigenvalue weighted by Crippen LogP contribution is -2.34. The molecule has 1 atom stereocenters. The molecule has 1 rings (SSSR count). The largest absolute Gasteiger partial charge is 0.352 e. The van der Waals surface area contributed by atoms with Crippen LogP contribution in [0.3, 0.4) is 0 Å². The second-order valence-corrected chi connectivity index (χ2v) is 5.34. The summed E-state index contributed by atoms with van der Waals surface area (Å²) in [5, 5.41) is 2.73. The third-order valence-corrected chi connectivity index (χ3v) is 3.41. The molecular formula is C9H13Cl2NO. The number of amides is 1. The Labute approximate surface area is 88.3 Å². The highest BCUT2D eigenvalue weighted by Gasteiger charge is 2.67. The Morgan fingerprint density at radius 1 is 1.62 bits per heavy atom. The smallest absolute Gasteiger partial charge is 0.229 e. The van der Waals surface area contributed by atoms with Gasteiger partial charge in [0.05, 0.1) is 5.41 Å². The molecule has 13 heavy (non-hydrogen) atoms. The highest BCUT2D eigenvalue weighted by atomic mass is 35.5. The van der Waals surface area contributed by atoms with Crippen molar-refractivity contribution in [3.63, 3.8) is 0 Å². The Kier molecular flexibility index (Phi) is 2.65. The third-order valence-electron chi connectivity index (χ3n) is 2.31. The van der Waals surface area contributed by atoms with Crippen LogP contribution in [0.15, 0.2) is 12.2 Å². The van der Waals surface area contributed by atoms with Gasteiger partial charge in [-0.3, -0.25) is 4.79 Å². The van der Waals surface area contributed by atoms with Gasteiger partial charge in [0.15, 0.2) is 0 Å². The first kappa shape index (κ1) is 10.9. The van der Waals surface area contributed by atoms with Crippen molar-refractivity contribution in [3.8, 4) is 0 Å². The Bertz CT molecular complexity index is 262. The summed E-state index contributed by atoms with van der Waals surface area (Å²) in [4.78, 5) is 11.5. The summed E-state index contributed by atoms with van der Waals surface area (Å²) >= 11 is 11.7. The minimum Gasteiger partial charge on any atom is -0.352 e. The summed E-state index contributed by atoms with van der Waals surface area (Å²) in [7, 11) is 0. The van der Waals surface area contributed by atoms with Crippen LogP contribution in [0.2, 0.25) is 0 Å². The Balaban J connectivity index is 2.47. The van der Waals surface area contributed by atoms with Crippen LogP contribution in [-0.4, -0.2) is 16.8 Å². The number of hydrogen-bond acceptors (Lipinski definition) is 1. The molecule has 1 saturated carbocycles. The lowest BCUT2D eigenvalue weighted by Gasteiger charge is -2.12. The van der Waals surface area contributed by atoms with Crippen molar-refractivity contribution in [2.45, 2.75) is 24.6 Å². The van der Waals surface area contributed by atoms with Crippen molar-refractivity contribution in [3.05, 3.63) is 12.2 Å². The number of alkyl halides is 2. The summed E-state index contributed by atoms with van der Waals surface area (Å²) in [5.74, 6) is -0.0968. The summed E-state index contributed by atoms with van der Waals surface area (Å²) in [6.07, 6.45) is 0.519. The second kappa shape index (κ2) is 3.18. The van der Waals surface area contributed by atoms with Crippen molar-refractivity contribution < 1.29 is 4.79 Å². The fourth-order valence-electron chi connectivity index (χ4n) is 1.07. The SMILES string of the molecule is C=C(C)CNC(=O)C1(C)CC1(Cl)Cl. The van der Waals surface area contributed by atoms with Gasteiger partial charge in [-0.1, -0.05) is 12.2 Å². The van der Waals surface area contributed by atoms with Gasteiger partial charge in [0, 0.05) is 6.54 Å². The highest BCUT2D eigenvalue weighted by Crippen LogP contribution is 2.63. The van der Waals surface area contributed by atoms with E-state index in [0.29, 0.717) is 13.0 Å². The highest BCUT2D eigenvalue weighted by molar-refractivity contribution is 6.53. The van der Waals surface area contributed by atoms with E-state index in [2.05, 4.69) is 11.9 Å². The molecule has 0 aliphatic heterocycles.